The van der Waals surface area contributed by atoms with Crippen molar-refractivity contribution in [3.8, 4) is 0 Å². The summed E-state index contributed by atoms with van der Waals surface area (Å²) in [7, 11) is 0. The average molecular weight is 522 g/mol. The van der Waals surface area contributed by atoms with Crippen molar-refractivity contribution >= 4 is 41.2 Å². The quantitative estimate of drug-likeness (QED) is 0.616. The summed E-state index contributed by atoms with van der Waals surface area (Å²) in [6.07, 6.45) is -0.526. The highest BCUT2D eigenvalue weighted by Gasteiger charge is 2.60. The fraction of sp³-hybridized carbons (Fsp3) is 0.615. The first kappa shape index (κ1) is 27.8. The molecule has 0 aromatic heterocycles. The maximum absolute atomic E-state index is 13.9. The van der Waals surface area contributed by atoms with Gasteiger partial charge in [-0.15, -0.1) is 0 Å². The molecule has 2 fully saturated rings. The van der Waals surface area contributed by atoms with E-state index in [2.05, 4.69) is 5.32 Å². The Morgan fingerprint density at radius 1 is 1.19 bits per heavy atom. The summed E-state index contributed by atoms with van der Waals surface area (Å²) >= 11 is 6.13. The van der Waals surface area contributed by atoms with E-state index in [1.165, 1.54) is 4.90 Å². The van der Waals surface area contributed by atoms with Gasteiger partial charge in [0.1, 0.15) is 17.7 Å². The minimum absolute atomic E-state index is 0.105. The summed E-state index contributed by atoms with van der Waals surface area (Å²) in [5.41, 5.74) is -1.62. The van der Waals surface area contributed by atoms with E-state index in [4.69, 9.17) is 16.3 Å². The molecule has 36 heavy (non-hydrogen) atoms. The van der Waals surface area contributed by atoms with Gasteiger partial charge < -0.3 is 25.0 Å². The molecule has 0 saturated carbocycles. The molecule has 198 valence electrons. The molecular weight excluding hydrogens is 486 g/mol. The molecule has 1 spiro atoms. The number of aliphatic carboxylic acids is 1. The van der Waals surface area contributed by atoms with Crippen molar-refractivity contribution in [3.05, 3.63) is 29.3 Å². The van der Waals surface area contributed by atoms with Crippen molar-refractivity contribution in [2.75, 3.05) is 11.4 Å². The molecule has 10 heteroatoms. The smallest absolute Gasteiger partial charge is 0.408 e. The Morgan fingerprint density at radius 3 is 2.36 bits per heavy atom. The third-order valence-electron chi connectivity index (χ3n) is 6.95. The molecule has 9 nitrogen and oxygen atoms in total. The number of alkyl carbamates (subject to hydrolysis) is 1. The lowest BCUT2D eigenvalue weighted by atomic mass is 9.79. The number of hydrogen-bond donors (Lipinski definition) is 2. The monoisotopic (exact) mass is 521 g/mol. The molecule has 0 bridgehead atoms. The molecule has 3 unspecified atom stereocenters. The third kappa shape index (κ3) is 5.61. The van der Waals surface area contributed by atoms with Crippen LogP contribution in [0, 0.1) is 10.8 Å². The first-order chi connectivity index (χ1) is 16.4. The number of nitrogens with one attached hydrogen (secondary N) is 1. The minimum atomic E-state index is -1.15. The van der Waals surface area contributed by atoms with Gasteiger partial charge in [0, 0.05) is 35.1 Å². The third-order valence-corrected chi connectivity index (χ3v) is 7.19. The number of carboxylic acid groups (broad SMARTS) is 1. The fourth-order valence-electron chi connectivity index (χ4n) is 5.14. The molecule has 2 aliphatic heterocycles. The summed E-state index contributed by atoms with van der Waals surface area (Å²) < 4.78 is 5.36. The van der Waals surface area contributed by atoms with E-state index in [-0.39, 0.29) is 25.3 Å². The molecule has 0 radical (unpaired) electrons. The summed E-state index contributed by atoms with van der Waals surface area (Å²) in [5.74, 6) is -1.81. The molecule has 2 N–H and O–H groups in total. The maximum atomic E-state index is 13.9. The van der Waals surface area contributed by atoms with E-state index in [0.717, 1.165) is 0 Å². The van der Waals surface area contributed by atoms with E-state index in [1.807, 2.05) is 0 Å². The van der Waals surface area contributed by atoms with E-state index >= 15 is 0 Å². The van der Waals surface area contributed by atoms with Gasteiger partial charge in [0.2, 0.25) is 11.8 Å². The number of benzene rings is 1. The van der Waals surface area contributed by atoms with Crippen molar-refractivity contribution in [3.63, 3.8) is 0 Å². The minimum Gasteiger partial charge on any atom is -0.480 e. The Bertz CT molecular complexity index is 1060. The van der Waals surface area contributed by atoms with E-state index in [1.54, 1.807) is 77.6 Å². The first-order valence-corrected chi connectivity index (χ1v) is 12.4. The Kier molecular flexibility index (Phi) is 7.39. The summed E-state index contributed by atoms with van der Waals surface area (Å²) in [6.45, 7) is 12.6. The van der Waals surface area contributed by atoms with Crippen molar-refractivity contribution in [1.82, 2.24) is 10.2 Å². The van der Waals surface area contributed by atoms with Crippen LogP contribution in [0.15, 0.2) is 24.3 Å². The van der Waals surface area contributed by atoms with Crippen LogP contribution in [0.1, 0.15) is 61.3 Å². The lowest BCUT2D eigenvalue weighted by Gasteiger charge is -2.38. The highest BCUT2D eigenvalue weighted by Crippen LogP contribution is 2.49. The standard InChI is InChI=1S/C26H36ClN3O6/c1-15-26(13-19(31)29(14-26)17-10-8-9-16(27)11-17)12-18(22(33)34)30(15)21(32)20(24(2,3)4)28-23(35)36-25(5,6)7/h8-11,15,18,20H,12-14H2,1-7H3,(H,28,35)(H,33,34)/t15?,18?,20-,26?/m1/s1. The largest absolute Gasteiger partial charge is 0.480 e. The van der Waals surface area contributed by atoms with Crippen molar-refractivity contribution < 1.29 is 29.0 Å². The second-order valence-corrected chi connectivity index (χ2v) is 12.4. The SMILES string of the molecule is CC1N(C(=O)[C@@H](NC(=O)OC(C)(C)C)C(C)(C)C)C(C(=O)O)CC12CC(=O)N(c1cccc(Cl)c1)C2. The number of carbonyl (C=O) groups excluding carboxylic acids is 3. The van der Waals surface area contributed by atoms with Crippen LogP contribution in [0.4, 0.5) is 10.5 Å². The number of hydrogen-bond acceptors (Lipinski definition) is 5. The number of nitrogens with zero attached hydrogens (tertiary/aromatic N) is 2. The number of halogens is 1. The number of carbonyl (C=O) groups is 4. The Hall–Kier alpha value is -2.81. The van der Waals surface area contributed by atoms with Gasteiger partial charge in [-0.25, -0.2) is 9.59 Å². The highest BCUT2D eigenvalue weighted by atomic mass is 35.5. The first-order valence-electron chi connectivity index (χ1n) is 12.1. The van der Waals surface area contributed by atoms with Crippen molar-refractivity contribution in [2.24, 2.45) is 10.8 Å². The predicted molar refractivity (Wildman–Crippen MR) is 136 cm³/mol. The number of carboxylic acids is 1. The molecule has 1 aromatic rings. The fourth-order valence-corrected chi connectivity index (χ4v) is 5.33. The van der Waals surface area contributed by atoms with Crippen LogP contribution in [0.3, 0.4) is 0 Å². The highest BCUT2D eigenvalue weighted by molar-refractivity contribution is 6.31. The Labute approximate surface area is 217 Å². The topological polar surface area (TPSA) is 116 Å². The zero-order valence-electron chi connectivity index (χ0n) is 21.9. The summed E-state index contributed by atoms with van der Waals surface area (Å²) in [5, 5.41) is 13.2. The van der Waals surface area contributed by atoms with Crippen LogP contribution >= 0.6 is 11.6 Å². The van der Waals surface area contributed by atoms with Crippen LogP contribution in [-0.4, -0.2) is 64.2 Å². The molecule has 3 rings (SSSR count). The lowest BCUT2D eigenvalue weighted by Crippen LogP contribution is -2.59. The van der Waals surface area contributed by atoms with Crippen LogP contribution in [0.5, 0.6) is 0 Å². The number of amides is 3. The Balaban J connectivity index is 1.93. The number of likely N-dealkylation sites (tertiary alicyclic amines) is 1. The van der Waals surface area contributed by atoms with Gasteiger partial charge >= 0.3 is 12.1 Å². The Morgan fingerprint density at radius 2 is 1.83 bits per heavy atom. The molecule has 3 amide bonds. The van der Waals surface area contributed by atoms with Gasteiger partial charge in [-0.2, -0.15) is 0 Å². The lowest BCUT2D eigenvalue weighted by molar-refractivity contribution is -0.151. The van der Waals surface area contributed by atoms with Crippen LogP contribution in [-0.2, 0) is 19.1 Å². The van der Waals surface area contributed by atoms with Gasteiger partial charge in [-0.3, -0.25) is 9.59 Å². The van der Waals surface area contributed by atoms with Gasteiger partial charge in [-0.05, 0) is 57.7 Å². The average Bonchev–Trinajstić information content (AvgIpc) is 3.20. The van der Waals surface area contributed by atoms with Crippen LogP contribution in [0.2, 0.25) is 5.02 Å². The van der Waals surface area contributed by atoms with Gasteiger partial charge in [0.05, 0.1) is 0 Å². The number of rotatable bonds is 4. The second-order valence-electron chi connectivity index (χ2n) is 11.9. The van der Waals surface area contributed by atoms with E-state index < -0.39 is 52.5 Å². The molecule has 2 heterocycles. The maximum Gasteiger partial charge on any atom is 0.408 e. The second kappa shape index (κ2) is 9.57. The van der Waals surface area contributed by atoms with Crippen LogP contribution < -0.4 is 10.2 Å². The molecule has 4 atom stereocenters. The summed E-state index contributed by atoms with van der Waals surface area (Å²) in [6, 6.07) is 4.20. The van der Waals surface area contributed by atoms with Crippen LogP contribution in [0.25, 0.3) is 0 Å². The number of anilines is 1. The van der Waals surface area contributed by atoms with E-state index in [0.29, 0.717) is 10.7 Å². The zero-order chi connectivity index (χ0) is 27.2. The van der Waals surface area contributed by atoms with Crippen molar-refractivity contribution in [2.45, 2.75) is 85.0 Å². The van der Waals surface area contributed by atoms with Gasteiger partial charge in [-0.1, -0.05) is 38.4 Å². The van der Waals surface area contributed by atoms with E-state index in [9.17, 15) is 24.3 Å². The molecular formula is C26H36ClN3O6. The normalized spacial score (nSPS) is 25.3. The van der Waals surface area contributed by atoms with Crippen molar-refractivity contribution in [1.29, 1.82) is 0 Å². The van der Waals surface area contributed by atoms with Gasteiger partial charge in [0.25, 0.3) is 0 Å². The van der Waals surface area contributed by atoms with Gasteiger partial charge in [0.15, 0.2) is 0 Å². The summed E-state index contributed by atoms with van der Waals surface area (Å²) in [4.78, 5) is 54.8. The number of ether oxygens (including phenoxy) is 1. The molecule has 1 aromatic carbocycles. The zero-order valence-corrected chi connectivity index (χ0v) is 22.7. The molecule has 2 saturated heterocycles. The molecule has 2 aliphatic rings. The predicted octanol–water partition coefficient (Wildman–Crippen LogP) is 4.08. The molecule has 0 aliphatic carbocycles.